The second-order valence-corrected chi connectivity index (χ2v) is 5.39. The van der Waals surface area contributed by atoms with Gasteiger partial charge in [-0.2, -0.15) is 11.8 Å². The number of aryl methyl sites for hydroxylation is 1. The Morgan fingerprint density at radius 2 is 2.27 bits per heavy atom. The van der Waals surface area contributed by atoms with Gasteiger partial charge in [-0.1, -0.05) is 25.1 Å². The topological polar surface area (TPSA) is 12.0 Å². The first kappa shape index (κ1) is 11.0. The van der Waals surface area contributed by atoms with Gasteiger partial charge in [0, 0.05) is 17.0 Å². The van der Waals surface area contributed by atoms with Crippen LogP contribution in [0.4, 0.5) is 0 Å². The molecule has 0 aromatic heterocycles. The lowest BCUT2D eigenvalue weighted by Crippen LogP contribution is -2.31. The highest BCUT2D eigenvalue weighted by Gasteiger charge is 2.28. The van der Waals surface area contributed by atoms with Gasteiger partial charge in [0.05, 0.1) is 0 Å². The fourth-order valence-corrected chi connectivity index (χ4v) is 3.88. The van der Waals surface area contributed by atoms with Crippen molar-refractivity contribution in [3.8, 4) is 0 Å². The molecule has 0 amide bonds. The number of fused-ring (bicyclic) bond motifs is 1. The third-order valence-electron chi connectivity index (χ3n) is 3.31. The van der Waals surface area contributed by atoms with Gasteiger partial charge in [0.1, 0.15) is 0 Å². The van der Waals surface area contributed by atoms with Crippen molar-refractivity contribution < 1.29 is 0 Å². The van der Waals surface area contributed by atoms with Gasteiger partial charge in [0.15, 0.2) is 0 Å². The zero-order chi connectivity index (χ0) is 10.8. The van der Waals surface area contributed by atoms with Crippen molar-refractivity contribution in [1.29, 1.82) is 0 Å². The Morgan fingerprint density at radius 3 is 2.93 bits per heavy atom. The SMILES string of the molecule is CCC1SCc2c(C)cccc2C1NC. The molecule has 1 aliphatic rings. The van der Waals surface area contributed by atoms with Crippen LogP contribution in [0.25, 0.3) is 0 Å². The van der Waals surface area contributed by atoms with Crippen LogP contribution in [0.15, 0.2) is 18.2 Å². The number of thioether (sulfide) groups is 1. The Labute approximate surface area is 96.7 Å². The summed E-state index contributed by atoms with van der Waals surface area (Å²) in [7, 11) is 2.07. The predicted octanol–water partition coefficient (Wildman–Crippen LogP) is 3.28. The van der Waals surface area contributed by atoms with Crippen molar-refractivity contribution in [3.63, 3.8) is 0 Å². The summed E-state index contributed by atoms with van der Waals surface area (Å²) in [5, 5.41) is 4.19. The average Bonchev–Trinajstić information content (AvgIpc) is 2.28. The molecule has 1 aromatic rings. The van der Waals surface area contributed by atoms with Crippen molar-refractivity contribution in [3.05, 3.63) is 34.9 Å². The molecule has 2 atom stereocenters. The van der Waals surface area contributed by atoms with Crippen LogP contribution in [0.1, 0.15) is 36.1 Å². The van der Waals surface area contributed by atoms with Crippen LogP contribution in [0.5, 0.6) is 0 Å². The van der Waals surface area contributed by atoms with Crippen LogP contribution in [-0.2, 0) is 5.75 Å². The van der Waals surface area contributed by atoms with E-state index < -0.39 is 0 Å². The lowest BCUT2D eigenvalue weighted by Gasteiger charge is -2.33. The minimum atomic E-state index is 0.531. The van der Waals surface area contributed by atoms with Crippen molar-refractivity contribution >= 4 is 11.8 Å². The minimum Gasteiger partial charge on any atom is -0.312 e. The summed E-state index contributed by atoms with van der Waals surface area (Å²) in [5.41, 5.74) is 4.50. The standard InChI is InChI=1S/C13H19NS/c1-4-12-13(14-3)10-7-5-6-9(2)11(10)8-15-12/h5-7,12-14H,4,8H2,1-3H3. The van der Waals surface area contributed by atoms with Gasteiger partial charge in [-0.05, 0) is 37.1 Å². The molecule has 0 spiro atoms. The molecule has 0 radical (unpaired) electrons. The van der Waals surface area contributed by atoms with Gasteiger partial charge >= 0.3 is 0 Å². The van der Waals surface area contributed by atoms with Crippen LogP contribution in [-0.4, -0.2) is 12.3 Å². The molecule has 0 aliphatic carbocycles. The number of hydrogen-bond acceptors (Lipinski definition) is 2. The van der Waals surface area contributed by atoms with E-state index in [9.17, 15) is 0 Å². The van der Waals surface area contributed by atoms with Gasteiger partial charge in [0.25, 0.3) is 0 Å². The Kier molecular flexibility index (Phi) is 3.37. The lowest BCUT2D eigenvalue weighted by atomic mass is 9.94. The summed E-state index contributed by atoms with van der Waals surface area (Å²) in [4.78, 5) is 0. The number of rotatable bonds is 2. The van der Waals surface area contributed by atoms with Gasteiger partial charge in [0.2, 0.25) is 0 Å². The Hall–Kier alpha value is -0.470. The molecular formula is C13H19NS. The molecule has 1 heterocycles. The van der Waals surface area contributed by atoms with E-state index in [4.69, 9.17) is 0 Å². The fraction of sp³-hybridized carbons (Fsp3) is 0.538. The lowest BCUT2D eigenvalue weighted by molar-refractivity contribution is 0.546. The van der Waals surface area contributed by atoms with Crippen LogP contribution in [0, 0.1) is 6.92 Å². The normalized spacial score (nSPS) is 25.0. The zero-order valence-electron chi connectivity index (χ0n) is 9.71. The summed E-state index contributed by atoms with van der Waals surface area (Å²) in [6.45, 7) is 4.50. The van der Waals surface area contributed by atoms with Crippen molar-refractivity contribution in [2.75, 3.05) is 7.05 Å². The van der Waals surface area contributed by atoms with Crippen LogP contribution in [0.2, 0.25) is 0 Å². The van der Waals surface area contributed by atoms with E-state index >= 15 is 0 Å². The molecule has 15 heavy (non-hydrogen) atoms. The largest absolute Gasteiger partial charge is 0.312 e. The average molecular weight is 221 g/mol. The predicted molar refractivity (Wildman–Crippen MR) is 68.4 cm³/mol. The van der Waals surface area contributed by atoms with Crippen LogP contribution < -0.4 is 5.32 Å². The number of nitrogens with one attached hydrogen (secondary N) is 1. The first-order valence-electron chi connectivity index (χ1n) is 5.65. The molecule has 1 aromatic carbocycles. The monoisotopic (exact) mass is 221 g/mol. The summed E-state index contributed by atoms with van der Waals surface area (Å²) in [6, 6.07) is 7.22. The molecule has 0 saturated carbocycles. The zero-order valence-corrected chi connectivity index (χ0v) is 10.5. The molecule has 2 rings (SSSR count). The van der Waals surface area contributed by atoms with Crippen molar-refractivity contribution in [1.82, 2.24) is 5.32 Å². The van der Waals surface area contributed by atoms with Gasteiger partial charge in [-0.3, -0.25) is 0 Å². The molecule has 2 unspecified atom stereocenters. The van der Waals surface area contributed by atoms with Crippen LogP contribution in [0.3, 0.4) is 0 Å². The summed E-state index contributed by atoms with van der Waals surface area (Å²) in [6.07, 6.45) is 1.24. The van der Waals surface area contributed by atoms with E-state index in [-0.39, 0.29) is 0 Å². The van der Waals surface area contributed by atoms with Gasteiger partial charge in [-0.15, -0.1) is 0 Å². The highest BCUT2D eigenvalue weighted by atomic mass is 32.2. The van der Waals surface area contributed by atoms with E-state index in [0.29, 0.717) is 6.04 Å². The molecule has 0 fully saturated rings. The third-order valence-corrected chi connectivity index (χ3v) is 4.80. The Morgan fingerprint density at radius 1 is 1.47 bits per heavy atom. The maximum absolute atomic E-state index is 3.47. The highest BCUT2D eigenvalue weighted by Crippen LogP contribution is 2.39. The van der Waals surface area contributed by atoms with E-state index in [2.05, 4.69) is 56.2 Å². The summed E-state index contributed by atoms with van der Waals surface area (Å²) in [5.74, 6) is 1.18. The van der Waals surface area contributed by atoms with E-state index in [0.717, 1.165) is 5.25 Å². The minimum absolute atomic E-state index is 0.531. The van der Waals surface area contributed by atoms with Crippen LogP contribution >= 0.6 is 11.8 Å². The first-order valence-corrected chi connectivity index (χ1v) is 6.70. The summed E-state index contributed by atoms with van der Waals surface area (Å²) >= 11 is 2.09. The number of hydrogen-bond donors (Lipinski definition) is 1. The molecule has 0 saturated heterocycles. The quantitative estimate of drug-likeness (QED) is 0.822. The van der Waals surface area contributed by atoms with E-state index in [1.165, 1.54) is 23.3 Å². The Bertz CT molecular complexity index is 348. The maximum Gasteiger partial charge on any atom is 0.0441 e. The molecule has 1 N–H and O–H groups in total. The smallest absolute Gasteiger partial charge is 0.0441 e. The van der Waals surface area contributed by atoms with E-state index in [1.54, 1.807) is 5.56 Å². The first-order chi connectivity index (χ1) is 7.27. The molecule has 82 valence electrons. The van der Waals surface area contributed by atoms with Crippen molar-refractivity contribution in [2.45, 2.75) is 37.3 Å². The highest BCUT2D eigenvalue weighted by molar-refractivity contribution is 7.99. The maximum atomic E-state index is 3.47. The molecule has 0 bridgehead atoms. The molecule has 1 nitrogen and oxygen atoms in total. The molecule has 2 heteroatoms. The summed E-state index contributed by atoms with van der Waals surface area (Å²) < 4.78 is 0. The van der Waals surface area contributed by atoms with Gasteiger partial charge < -0.3 is 5.32 Å². The molecular weight excluding hydrogens is 202 g/mol. The Balaban J connectivity index is 2.41. The van der Waals surface area contributed by atoms with Gasteiger partial charge in [-0.25, -0.2) is 0 Å². The molecule has 1 aliphatic heterocycles. The van der Waals surface area contributed by atoms with Crippen molar-refractivity contribution in [2.24, 2.45) is 0 Å². The fourth-order valence-electron chi connectivity index (χ4n) is 2.40. The third kappa shape index (κ3) is 1.93. The second kappa shape index (κ2) is 4.58. The number of benzene rings is 1. The van der Waals surface area contributed by atoms with E-state index in [1.807, 2.05) is 0 Å². The second-order valence-electron chi connectivity index (χ2n) is 4.17.